The number of nitrogens with zero attached hydrogens (tertiary/aromatic N) is 4. The first-order chi connectivity index (χ1) is 16.7. The van der Waals surface area contributed by atoms with Crippen molar-refractivity contribution in [2.75, 3.05) is 11.5 Å². The fraction of sp³-hybridized carbons (Fsp3) is 0.261. The third-order valence-corrected chi connectivity index (χ3v) is 5.22. The summed E-state index contributed by atoms with van der Waals surface area (Å²) in [4.78, 5) is 51.2. The number of aliphatic carboxylic acids is 2. The second kappa shape index (κ2) is 12.3. The molecule has 12 nitrogen and oxygen atoms in total. The van der Waals surface area contributed by atoms with Crippen LogP contribution in [-0.4, -0.2) is 54.0 Å². The maximum absolute atomic E-state index is 12.5. The number of aromatic nitrogens is 4. The fourth-order valence-electron chi connectivity index (χ4n) is 3.46. The zero-order chi connectivity index (χ0) is 25.5. The van der Waals surface area contributed by atoms with Gasteiger partial charge in [-0.1, -0.05) is 12.1 Å². The van der Waals surface area contributed by atoms with Gasteiger partial charge in [-0.25, -0.2) is 14.8 Å². The molecule has 0 aliphatic carbocycles. The summed E-state index contributed by atoms with van der Waals surface area (Å²) in [6, 6.07) is 5.22. The highest BCUT2D eigenvalue weighted by atomic mass is 35.5. The molecule has 7 N–H and O–H groups in total. The van der Waals surface area contributed by atoms with E-state index in [1.807, 2.05) is 0 Å². The third kappa shape index (κ3) is 7.00. The molecule has 0 radical (unpaired) electrons. The minimum absolute atomic E-state index is 0. The SMILES string of the molecule is C#CCC(Cc1cnc2nc(N)nc(N)c2n1)c1ccc(C(=O)N[C@@H](CCC(=O)O)C(=O)O)cc1.Cl. The van der Waals surface area contributed by atoms with Crippen molar-refractivity contribution in [3.05, 3.63) is 47.3 Å². The van der Waals surface area contributed by atoms with Crippen molar-refractivity contribution >= 4 is 53.2 Å². The number of carbonyl (C=O) groups is 3. The highest BCUT2D eigenvalue weighted by Gasteiger charge is 2.22. The molecule has 2 aromatic heterocycles. The summed E-state index contributed by atoms with van der Waals surface area (Å²) in [6.45, 7) is 0. The molecule has 0 saturated heterocycles. The Bertz CT molecular complexity index is 1310. The van der Waals surface area contributed by atoms with Gasteiger partial charge in [0, 0.05) is 24.3 Å². The molecular weight excluding hydrogens is 490 g/mol. The molecule has 0 bridgehead atoms. The number of anilines is 2. The fourth-order valence-corrected chi connectivity index (χ4v) is 3.46. The summed E-state index contributed by atoms with van der Waals surface area (Å²) in [7, 11) is 0. The van der Waals surface area contributed by atoms with E-state index < -0.39 is 23.9 Å². The Morgan fingerprint density at radius 1 is 1.08 bits per heavy atom. The van der Waals surface area contributed by atoms with E-state index in [2.05, 4.69) is 31.2 Å². The number of hydrogen-bond donors (Lipinski definition) is 5. The molecule has 0 aliphatic rings. The van der Waals surface area contributed by atoms with Gasteiger partial charge in [0.25, 0.3) is 5.91 Å². The van der Waals surface area contributed by atoms with Crippen LogP contribution in [0.3, 0.4) is 0 Å². The molecule has 1 unspecified atom stereocenters. The molecule has 2 atom stereocenters. The van der Waals surface area contributed by atoms with Crippen molar-refractivity contribution in [1.29, 1.82) is 0 Å². The second-order valence-corrected chi connectivity index (χ2v) is 7.73. The second-order valence-electron chi connectivity index (χ2n) is 7.73. The number of nitrogens with one attached hydrogen (secondary N) is 1. The smallest absolute Gasteiger partial charge is 0.326 e. The van der Waals surface area contributed by atoms with Crippen molar-refractivity contribution < 1.29 is 24.6 Å². The number of terminal acetylenes is 1. The normalized spacial score (nSPS) is 12.1. The summed E-state index contributed by atoms with van der Waals surface area (Å²) in [6.07, 6.45) is 7.32. The van der Waals surface area contributed by atoms with E-state index in [0.29, 0.717) is 24.1 Å². The van der Waals surface area contributed by atoms with E-state index in [0.717, 1.165) is 5.56 Å². The molecule has 2 heterocycles. The first-order valence-corrected chi connectivity index (χ1v) is 10.5. The predicted octanol–water partition coefficient (Wildman–Crippen LogP) is 1.40. The zero-order valence-corrected chi connectivity index (χ0v) is 19.7. The lowest BCUT2D eigenvalue weighted by Crippen LogP contribution is -2.41. The van der Waals surface area contributed by atoms with Crippen LogP contribution in [-0.2, 0) is 16.0 Å². The van der Waals surface area contributed by atoms with E-state index in [1.54, 1.807) is 30.5 Å². The monoisotopic (exact) mass is 513 g/mol. The minimum Gasteiger partial charge on any atom is -0.481 e. The Morgan fingerprint density at radius 2 is 1.78 bits per heavy atom. The van der Waals surface area contributed by atoms with E-state index in [-0.39, 0.29) is 54.1 Å². The standard InChI is InChI=1S/C23H23N7O5.ClH/c1-2-3-14(10-15-11-26-20-18(27-15)19(24)29-23(25)30-20)12-4-6-13(7-5-12)21(33)28-16(22(34)35)8-9-17(31)32;/h1,4-7,11,14,16H,3,8-10H2,(H,28,33)(H,31,32)(H,34,35)(H4,24,25,26,29,30);1H/t14?,16-;/m0./s1. The molecular formula is C23H24ClN7O5. The van der Waals surface area contributed by atoms with Crippen LogP contribution in [0.1, 0.15) is 46.8 Å². The number of halogens is 1. The average molecular weight is 514 g/mol. The molecule has 3 aromatic rings. The highest BCUT2D eigenvalue weighted by molar-refractivity contribution is 5.96. The lowest BCUT2D eigenvalue weighted by molar-refractivity contribution is -0.140. The molecule has 0 aliphatic heterocycles. The van der Waals surface area contributed by atoms with Crippen LogP contribution in [0.2, 0.25) is 0 Å². The molecule has 1 amide bonds. The average Bonchev–Trinajstić information content (AvgIpc) is 2.81. The summed E-state index contributed by atoms with van der Waals surface area (Å²) < 4.78 is 0. The molecule has 0 saturated carbocycles. The lowest BCUT2D eigenvalue weighted by atomic mass is 9.91. The highest BCUT2D eigenvalue weighted by Crippen LogP contribution is 2.25. The largest absolute Gasteiger partial charge is 0.481 e. The lowest BCUT2D eigenvalue weighted by Gasteiger charge is -2.16. The number of amides is 1. The van der Waals surface area contributed by atoms with Gasteiger partial charge < -0.3 is 27.0 Å². The predicted molar refractivity (Wildman–Crippen MR) is 133 cm³/mol. The first kappa shape index (κ1) is 27.7. The topological polar surface area (TPSA) is 207 Å². The first-order valence-electron chi connectivity index (χ1n) is 10.5. The van der Waals surface area contributed by atoms with Crippen LogP contribution in [0.25, 0.3) is 11.2 Å². The summed E-state index contributed by atoms with van der Waals surface area (Å²) in [5.41, 5.74) is 13.8. The van der Waals surface area contributed by atoms with Gasteiger partial charge in [0.2, 0.25) is 5.95 Å². The summed E-state index contributed by atoms with van der Waals surface area (Å²) in [5.74, 6) is -0.479. The van der Waals surface area contributed by atoms with Gasteiger partial charge in [-0.3, -0.25) is 9.59 Å². The molecule has 0 spiro atoms. The molecule has 0 fully saturated rings. The van der Waals surface area contributed by atoms with Gasteiger partial charge >= 0.3 is 11.9 Å². The number of carboxylic acid groups (broad SMARTS) is 2. The Labute approximate surface area is 212 Å². The number of hydrogen-bond acceptors (Lipinski definition) is 9. The number of rotatable bonds is 10. The van der Waals surface area contributed by atoms with Gasteiger partial charge in [-0.2, -0.15) is 9.97 Å². The van der Waals surface area contributed by atoms with Gasteiger partial charge in [0.1, 0.15) is 6.04 Å². The van der Waals surface area contributed by atoms with Crippen molar-refractivity contribution in [3.8, 4) is 12.3 Å². The number of nitrogen functional groups attached to an aromatic ring is 2. The van der Waals surface area contributed by atoms with Crippen molar-refractivity contribution in [2.24, 2.45) is 0 Å². The zero-order valence-electron chi connectivity index (χ0n) is 18.9. The van der Waals surface area contributed by atoms with Crippen molar-refractivity contribution in [1.82, 2.24) is 25.3 Å². The van der Waals surface area contributed by atoms with Crippen LogP contribution in [0.5, 0.6) is 0 Å². The third-order valence-electron chi connectivity index (χ3n) is 5.22. The van der Waals surface area contributed by atoms with Crippen molar-refractivity contribution in [2.45, 2.75) is 37.6 Å². The van der Waals surface area contributed by atoms with E-state index in [4.69, 9.17) is 23.0 Å². The number of carboxylic acids is 2. The van der Waals surface area contributed by atoms with Gasteiger partial charge in [-0.15, -0.1) is 24.8 Å². The Balaban J connectivity index is 0.00000456. The Morgan fingerprint density at radius 3 is 2.39 bits per heavy atom. The van der Waals surface area contributed by atoms with Crippen LogP contribution in [0.4, 0.5) is 11.8 Å². The maximum atomic E-state index is 12.5. The molecule has 188 valence electrons. The number of benzene rings is 1. The number of carbonyl (C=O) groups excluding carboxylic acids is 1. The van der Waals surface area contributed by atoms with Crippen LogP contribution in [0.15, 0.2) is 30.5 Å². The van der Waals surface area contributed by atoms with Crippen molar-refractivity contribution in [3.63, 3.8) is 0 Å². The number of fused-ring (bicyclic) bond motifs is 1. The minimum atomic E-state index is -1.31. The van der Waals surface area contributed by atoms with E-state index >= 15 is 0 Å². The van der Waals surface area contributed by atoms with Gasteiger partial charge in [0.15, 0.2) is 17.0 Å². The summed E-state index contributed by atoms with van der Waals surface area (Å²) in [5, 5.41) is 20.3. The quantitative estimate of drug-likeness (QED) is 0.245. The van der Waals surface area contributed by atoms with Gasteiger partial charge in [0.05, 0.1) is 11.9 Å². The Hall–Kier alpha value is -4.50. The van der Waals surface area contributed by atoms with Crippen LogP contribution < -0.4 is 16.8 Å². The molecule has 13 heteroatoms. The van der Waals surface area contributed by atoms with Gasteiger partial charge in [-0.05, 0) is 30.5 Å². The van der Waals surface area contributed by atoms with Crippen LogP contribution >= 0.6 is 12.4 Å². The molecule has 36 heavy (non-hydrogen) atoms. The summed E-state index contributed by atoms with van der Waals surface area (Å²) >= 11 is 0. The van der Waals surface area contributed by atoms with Crippen LogP contribution in [0, 0.1) is 12.3 Å². The van der Waals surface area contributed by atoms with E-state index in [9.17, 15) is 19.5 Å². The Kier molecular flexibility index (Phi) is 9.46. The van der Waals surface area contributed by atoms with E-state index in [1.165, 1.54) is 0 Å². The number of nitrogens with two attached hydrogens (primary N) is 2. The molecule has 3 rings (SSSR count). The maximum Gasteiger partial charge on any atom is 0.326 e. The molecule has 1 aromatic carbocycles.